The minimum absolute atomic E-state index is 0.00546. The molecule has 5 nitrogen and oxygen atoms in total. The van der Waals surface area contributed by atoms with Crippen molar-refractivity contribution in [3.05, 3.63) is 66.0 Å². The molecule has 0 aliphatic heterocycles. The molecule has 0 aliphatic carbocycles. The molecule has 4 rings (SSSR count). The van der Waals surface area contributed by atoms with Crippen LogP contribution in [0.15, 0.2) is 59.3 Å². The number of carbonyl (C=O) groups is 1. The van der Waals surface area contributed by atoms with E-state index in [-0.39, 0.29) is 27.5 Å². The van der Waals surface area contributed by atoms with Crippen LogP contribution < -0.4 is 14.6 Å². The molecule has 160 valence electrons. The van der Waals surface area contributed by atoms with Gasteiger partial charge in [0.05, 0.1) is 16.8 Å². The summed E-state index contributed by atoms with van der Waals surface area (Å²) in [7, 11) is 1.78. The number of ether oxygens (including phenoxy) is 1. The molecule has 0 saturated carbocycles. The lowest BCUT2D eigenvalue weighted by Crippen LogP contribution is -2.26. The van der Waals surface area contributed by atoms with E-state index >= 15 is 0 Å². The molecule has 2 heterocycles. The van der Waals surface area contributed by atoms with Gasteiger partial charge in [0.1, 0.15) is 12.6 Å². The van der Waals surface area contributed by atoms with Crippen LogP contribution in [0.3, 0.4) is 0 Å². The van der Waals surface area contributed by atoms with Crippen molar-refractivity contribution >= 4 is 33.5 Å². The number of rotatable bonds is 4. The van der Waals surface area contributed by atoms with Gasteiger partial charge in [-0.2, -0.15) is 22.0 Å². The Hall–Kier alpha value is -3.69. The first kappa shape index (κ1) is 20.6. The third-order valence-corrected chi connectivity index (χ3v) is 4.61. The lowest BCUT2D eigenvalue weighted by Gasteiger charge is -2.09. The highest BCUT2D eigenvalue weighted by Gasteiger charge is 2.32. The van der Waals surface area contributed by atoms with Gasteiger partial charge in [0.25, 0.3) is 5.91 Å². The largest absolute Gasteiger partial charge is 0.452 e. The summed E-state index contributed by atoms with van der Waals surface area (Å²) in [4.78, 5) is 12.9. The summed E-state index contributed by atoms with van der Waals surface area (Å²) in [6, 6.07) is 8.25. The zero-order chi connectivity index (χ0) is 22.3. The average Bonchev–Trinajstić information content (AvgIpc) is 3.08. The molecule has 31 heavy (non-hydrogen) atoms. The number of nitrogens with zero attached hydrogens (tertiary/aromatic N) is 1. The van der Waals surface area contributed by atoms with E-state index < -0.39 is 30.0 Å². The molecule has 4 aromatic rings. The van der Waals surface area contributed by atoms with E-state index in [2.05, 4.69) is 10.1 Å². The highest BCUT2D eigenvalue weighted by molar-refractivity contribution is 6.20. The van der Waals surface area contributed by atoms with Gasteiger partial charge in [0, 0.05) is 22.9 Å². The molecule has 0 aliphatic rings. The van der Waals surface area contributed by atoms with E-state index in [1.807, 2.05) is 0 Å². The Balaban J connectivity index is 1.91. The number of hydrogen-bond donors (Lipinski definition) is 1. The van der Waals surface area contributed by atoms with E-state index in [0.29, 0.717) is 5.69 Å². The molecule has 1 amide bonds. The summed E-state index contributed by atoms with van der Waals surface area (Å²) in [6.07, 6.45) is -1.27. The predicted octanol–water partition coefficient (Wildman–Crippen LogP) is 5.28. The van der Waals surface area contributed by atoms with Crippen LogP contribution in [-0.2, 0) is 13.2 Å². The fourth-order valence-electron chi connectivity index (χ4n) is 3.19. The predicted molar refractivity (Wildman–Crippen MR) is 101 cm³/mol. The zero-order valence-corrected chi connectivity index (χ0v) is 15.8. The standard InChI is InChI=1S/C21H13F5N2O3/c1-28-8-6-12(7-9-28)27-19(29)13-3-5-16(31-20(22)23)18-17(13)14-10-11(21(24,25)26)2-4-15(14)30-18/h2-10,20H,1H3/p+1. The molecular weight excluding hydrogens is 423 g/mol. The molecule has 0 radical (unpaired) electrons. The zero-order valence-electron chi connectivity index (χ0n) is 15.8. The van der Waals surface area contributed by atoms with Crippen molar-refractivity contribution < 1.29 is 40.5 Å². The van der Waals surface area contributed by atoms with Crippen LogP contribution in [0.2, 0.25) is 0 Å². The van der Waals surface area contributed by atoms with Gasteiger partial charge >= 0.3 is 12.8 Å². The van der Waals surface area contributed by atoms with Gasteiger partial charge in [-0.1, -0.05) is 0 Å². The van der Waals surface area contributed by atoms with E-state index in [4.69, 9.17) is 4.42 Å². The molecular formula is C21H14F5N2O3+. The number of furan rings is 1. The number of hydrogen-bond acceptors (Lipinski definition) is 3. The van der Waals surface area contributed by atoms with E-state index in [1.54, 1.807) is 36.1 Å². The number of alkyl halides is 5. The maximum atomic E-state index is 13.2. The van der Waals surface area contributed by atoms with Gasteiger partial charge in [0.2, 0.25) is 0 Å². The Morgan fingerprint density at radius 3 is 2.45 bits per heavy atom. The van der Waals surface area contributed by atoms with E-state index in [1.165, 1.54) is 6.07 Å². The minimum atomic E-state index is -4.64. The number of aryl methyl sites for hydroxylation is 1. The lowest BCUT2D eigenvalue weighted by molar-refractivity contribution is -0.671. The molecule has 0 spiro atoms. The number of benzene rings is 2. The topological polar surface area (TPSA) is 55.4 Å². The van der Waals surface area contributed by atoms with Crippen molar-refractivity contribution in [2.45, 2.75) is 12.8 Å². The Labute approximate surface area is 171 Å². The lowest BCUT2D eigenvalue weighted by atomic mass is 10.0. The third kappa shape index (κ3) is 4.00. The molecule has 10 heteroatoms. The number of nitrogens with one attached hydrogen (secondary N) is 1. The van der Waals surface area contributed by atoms with Crippen molar-refractivity contribution in [3.8, 4) is 5.75 Å². The normalized spacial score (nSPS) is 12.0. The van der Waals surface area contributed by atoms with Crippen molar-refractivity contribution in [1.82, 2.24) is 0 Å². The summed E-state index contributed by atoms with van der Waals surface area (Å²) in [6.45, 7) is -3.19. The SMILES string of the molecule is C[n+]1ccc(NC(=O)c2ccc(OC(F)F)c3oc4ccc(C(F)(F)F)cc4c23)cc1. The summed E-state index contributed by atoms with van der Waals surface area (Å²) in [5.41, 5.74) is -0.837. The van der Waals surface area contributed by atoms with Crippen LogP contribution >= 0.6 is 0 Å². The summed E-state index contributed by atoms with van der Waals surface area (Å²) in [5.74, 6) is -1.04. The van der Waals surface area contributed by atoms with Gasteiger partial charge in [-0.05, 0) is 30.3 Å². The smallest absolute Gasteiger partial charge is 0.416 e. The fraction of sp³-hybridized carbons (Fsp3) is 0.143. The average molecular weight is 437 g/mol. The second-order valence-electron chi connectivity index (χ2n) is 6.71. The molecule has 0 bridgehead atoms. The molecule has 0 atom stereocenters. The second kappa shape index (κ2) is 7.53. The first-order chi connectivity index (χ1) is 14.6. The van der Waals surface area contributed by atoms with Gasteiger partial charge in [-0.15, -0.1) is 0 Å². The summed E-state index contributed by atoms with van der Waals surface area (Å²) >= 11 is 0. The first-order valence-corrected chi connectivity index (χ1v) is 8.91. The van der Waals surface area contributed by atoms with Crippen LogP contribution in [0.25, 0.3) is 21.9 Å². The Morgan fingerprint density at radius 1 is 1.10 bits per heavy atom. The molecule has 0 fully saturated rings. The molecule has 1 N–H and O–H groups in total. The summed E-state index contributed by atoms with van der Waals surface area (Å²) in [5, 5.41) is 2.53. The first-order valence-electron chi connectivity index (χ1n) is 8.91. The molecule has 2 aromatic carbocycles. The maximum Gasteiger partial charge on any atom is 0.416 e. The van der Waals surface area contributed by atoms with E-state index in [0.717, 1.165) is 24.3 Å². The van der Waals surface area contributed by atoms with Crippen LogP contribution in [0.5, 0.6) is 5.75 Å². The number of carbonyl (C=O) groups excluding carboxylic acids is 1. The number of aromatic nitrogens is 1. The van der Waals surface area contributed by atoms with Crippen LogP contribution in [0, 0.1) is 0 Å². The van der Waals surface area contributed by atoms with Crippen LogP contribution in [0.4, 0.5) is 27.6 Å². The van der Waals surface area contributed by atoms with Crippen molar-refractivity contribution in [2.75, 3.05) is 5.32 Å². The molecule has 2 aromatic heterocycles. The quantitative estimate of drug-likeness (QED) is 0.349. The van der Waals surface area contributed by atoms with Crippen LogP contribution in [-0.4, -0.2) is 12.5 Å². The Bertz CT molecular complexity index is 1280. The number of anilines is 1. The Kier molecular flexibility index (Phi) is 5.00. The van der Waals surface area contributed by atoms with Gasteiger partial charge in [0.15, 0.2) is 23.7 Å². The second-order valence-corrected chi connectivity index (χ2v) is 6.71. The third-order valence-electron chi connectivity index (χ3n) is 4.61. The number of halogens is 5. The fourth-order valence-corrected chi connectivity index (χ4v) is 3.19. The van der Waals surface area contributed by atoms with Crippen molar-refractivity contribution in [2.24, 2.45) is 7.05 Å². The Morgan fingerprint density at radius 2 is 1.81 bits per heavy atom. The van der Waals surface area contributed by atoms with Crippen molar-refractivity contribution in [1.29, 1.82) is 0 Å². The van der Waals surface area contributed by atoms with Crippen LogP contribution in [0.1, 0.15) is 15.9 Å². The number of fused-ring (bicyclic) bond motifs is 3. The molecule has 0 saturated heterocycles. The minimum Gasteiger partial charge on any atom is -0.452 e. The number of amides is 1. The van der Waals surface area contributed by atoms with Gasteiger partial charge in [-0.3, -0.25) is 4.79 Å². The highest BCUT2D eigenvalue weighted by atomic mass is 19.4. The highest BCUT2D eigenvalue weighted by Crippen LogP contribution is 2.40. The summed E-state index contributed by atoms with van der Waals surface area (Å²) < 4.78 is 76.9. The molecule has 0 unspecified atom stereocenters. The maximum absolute atomic E-state index is 13.2. The van der Waals surface area contributed by atoms with Gasteiger partial charge < -0.3 is 14.5 Å². The monoisotopic (exact) mass is 437 g/mol. The van der Waals surface area contributed by atoms with E-state index in [9.17, 15) is 26.7 Å². The number of pyridine rings is 1. The van der Waals surface area contributed by atoms with Crippen molar-refractivity contribution in [3.63, 3.8) is 0 Å². The van der Waals surface area contributed by atoms with Gasteiger partial charge in [-0.25, -0.2) is 4.57 Å².